The number of anilines is 1. The molecule has 6 rings (SSSR count). The Morgan fingerprint density at radius 3 is 2.61 bits per heavy atom. The second-order valence-electron chi connectivity index (χ2n) is 8.49. The molecule has 0 radical (unpaired) electrons. The van der Waals surface area contributed by atoms with Gasteiger partial charge in [0.15, 0.2) is 0 Å². The minimum absolute atomic E-state index is 0.0476. The molecule has 0 atom stereocenters. The summed E-state index contributed by atoms with van der Waals surface area (Å²) >= 11 is 4.08. The van der Waals surface area contributed by atoms with Crippen LogP contribution in [0.15, 0.2) is 66.7 Å². The molecule has 0 aliphatic carbocycles. The van der Waals surface area contributed by atoms with Crippen LogP contribution in [-0.4, -0.2) is 27.3 Å². The van der Waals surface area contributed by atoms with Gasteiger partial charge in [0.25, 0.3) is 5.91 Å². The molecule has 10 heteroatoms. The van der Waals surface area contributed by atoms with Gasteiger partial charge in [-0.15, -0.1) is 22.7 Å². The molecular formula is C26H20N4O3S3. The lowest BCUT2D eigenvalue weighted by Crippen LogP contribution is -2.29. The van der Waals surface area contributed by atoms with Gasteiger partial charge < -0.3 is 5.32 Å². The van der Waals surface area contributed by atoms with Crippen molar-refractivity contribution >= 4 is 60.1 Å². The summed E-state index contributed by atoms with van der Waals surface area (Å²) in [4.78, 5) is 32.5. The average molecular weight is 533 g/mol. The number of nitro groups is 1. The number of fused-ring (bicyclic) bond motifs is 2. The van der Waals surface area contributed by atoms with Gasteiger partial charge >= 0.3 is 5.00 Å². The lowest BCUT2D eigenvalue weighted by molar-refractivity contribution is -0.380. The number of amides is 1. The first kappa shape index (κ1) is 23.0. The van der Waals surface area contributed by atoms with Crippen LogP contribution >= 0.6 is 34.0 Å². The van der Waals surface area contributed by atoms with Crippen LogP contribution in [-0.2, 0) is 19.5 Å². The third-order valence-electron chi connectivity index (χ3n) is 6.12. The first-order valence-corrected chi connectivity index (χ1v) is 13.8. The van der Waals surface area contributed by atoms with Gasteiger partial charge in [-0.2, -0.15) is 0 Å². The normalized spacial score (nSPS) is 13.6. The number of hydrogen-bond acceptors (Lipinski definition) is 8. The van der Waals surface area contributed by atoms with Crippen LogP contribution in [0.3, 0.4) is 0 Å². The van der Waals surface area contributed by atoms with Crippen molar-refractivity contribution in [2.75, 3.05) is 11.9 Å². The standard InChI is InChI=1S/C26H20N4O3S3/c31-24(20-10-11-22(34-20)30(32)33)28-26-23(25-27-18-8-4-5-9-19(18)35-25)17-12-13-29(15-21(17)36-26)14-16-6-2-1-3-7-16/h1-11H,12-15H2,(H,28,31). The number of benzene rings is 2. The first-order valence-electron chi connectivity index (χ1n) is 11.4. The van der Waals surface area contributed by atoms with E-state index in [9.17, 15) is 14.9 Å². The van der Waals surface area contributed by atoms with E-state index in [1.54, 1.807) is 22.7 Å². The molecule has 3 aromatic heterocycles. The number of carbonyl (C=O) groups is 1. The third-order valence-corrected chi connectivity index (χ3v) is 9.34. The molecule has 1 amide bonds. The van der Waals surface area contributed by atoms with Crippen LogP contribution in [0.4, 0.5) is 10.0 Å². The number of para-hydroxylation sites is 1. The molecule has 0 fully saturated rings. The van der Waals surface area contributed by atoms with E-state index in [2.05, 4.69) is 40.5 Å². The van der Waals surface area contributed by atoms with Crippen molar-refractivity contribution in [3.05, 3.63) is 97.7 Å². The van der Waals surface area contributed by atoms with Gasteiger partial charge in [0.05, 0.1) is 20.0 Å². The van der Waals surface area contributed by atoms with Crippen LogP contribution in [0.1, 0.15) is 25.7 Å². The second kappa shape index (κ2) is 9.55. The molecule has 0 spiro atoms. The van der Waals surface area contributed by atoms with E-state index in [4.69, 9.17) is 4.98 Å². The summed E-state index contributed by atoms with van der Waals surface area (Å²) in [5, 5.41) is 15.7. The summed E-state index contributed by atoms with van der Waals surface area (Å²) in [6.45, 7) is 2.59. The number of nitrogens with one attached hydrogen (secondary N) is 1. The highest BCUT2D eigenvalue weighted by atomic mass is 32.1. The molecule has 4 heterocycles. The summed E-state index contributed by atoms with van der Waals surface area (Å²) in [6.07, 6.45) is 0.865. The Balaban J connectivity index is 1.36. The van der Waals surface area contributed by atoms with Gasteiger partial charge in [0.1, 0.15) is 10.0 Å². The molecule has 0 unspecified atom stereocenters. The zero-order valence-electron chi connectivity index (χ0n) is 19.0. The van der Waals surface area contributed by atoms with Crippen molar-refractivity contribution < 1.29 is 9.72 Å². The van der Waals surface area contributed by atoms with Crippen molar-refractivity contribution in [3.63, 3.8) is 0 Å². The topological polar surface area (TPSA) is 88.4 Å². The summed E-state index contributed by atoms with van der Waals surface area (Å²) in [5.74, 6) is -0.338. The zero-order valence-corrected chi connectivity index (χ0v) is 21.4. The maximum absolute atomic E-state index is 13.1. The summed E-state index contributed by atoms with van der Waals surface area (Å²) in [7, 11) is 0. The lowest BCUT2D eigenvalue weighted by atomic mass is 10.0. The second-order valence-corrected chi connectivity index (χ2v) is 11.7. The molecule has 180 valence electrons. The van der Waals surface area contributed by atoms with Crippen LogP contribution in [0.5, 0.6) is 0 Å². The molecule has 5 aromatic rings. The van der Waals surface area contributed by atoms with Crippen LogP contribution < -0.4 is 5.32 Å². The molecule has 0 saturated carbocycles. The fourth-order valence-electron chi connectivity index (χ4n) is 4.44. The molecule has 0 bridgehead atoms. The largest absolute Gasteiger partial charge is 0.324 e. The number of rotatable bonds is 6. The number of thiazole rings is 1. The van der Waals surface area contributed by atoms with E-state index in [1.807, 2.05) is 24.3 Å². The van der Waals surface area contributed by atoms with Crippen molar-refractivity contribution in [1.29, 1.82) is 0 Å². The number of aromatic nitrogens is 1. The van der Waals surface area contributed by atoms with Crippen LogP contribution in [0.25, 0.3) is 20.8 Å². The predicted octanol–water partition coefficient (Wildman–Crippen LogP) is 6.81. The molecule has 2 aromatic carbocycles. The molecule has 1 aliphatic rings. The van der Waals surface area contributed by atoms with Gasteiger partial charge in [-0.3, -0.25) is 19.8 Å². The van der Waals surface area contributed by atoms with E-state index < -0.39 is 4.92 Å². The number of carbonyl (C=O) groups excluding carboxylic acids is 1. The van der Waals surface area contributed by atoms with E-state index >= 15 is 0 Å². The SMILES string of the molecule is O=C(Nc1sc2c(c1-c1nc3ccccc3s1)CCN(Cc1ccccc1)C2)c1ccc([N+](=O)[O-])s1. The van der Waals surface area contributed by atoms with Gasteiger partial charge in [-0.1, -0.05) is 53.8 Å². The fraction of sp³-hybridized carbons (Fsp3) is 0.154. The maximum Gasteiger partial charge on any atom is 0.324 e. The number of thiophene rings is 2. The minimum atomic E-state index is -0.473. The Labute approximate surface area is 218 Å². The van der Waals surface area contributed by atoms with Crippen molar-refractivity contribution in [1.82, 2.24) is 9.88 Å². The Hall–Kier alpha value is -3.44. The smallest absolute Gasteiger partial charge is 0.312 e. The van der Waals surface area contributed by atoms with Gasteiger partial charge in [-0.25, -0.2) is 4.98 Å². The Morgan fingerprint density at radius 2 is 1.83 bits per heavy atom. The van der Waals surface area contributed by atoms with E-state index in [-0.39, 0.29) is 10.9 Å². The van der Waals surface area contributed by atoms with Crippen molar-refractivity contribution in [3.8, 4) is 10.6 Å². The third kappa shape index (κ3) is 4.44. The molecule has 1 N–H and O–H groups in total. The summed E-state index contributed by atoms with van der Waals surface area (Å²) in [5.41, 5.74) is 4.42. The van der Waals surface area contributed by atoms with Gasteiger partial charge in [-0.05, 0) is 35.7 Å². The van der Waals surface area contributed by atoms with E-state index in [0.29, 0.717) is 4.88 Å². The van der Waals surface area contributed by atoms with Gasteiger partial charge in [0.2, 0.25) is 0 Å². The van der Waals surface area contributed by atoms with Crippen molar-refractivity contribution in [2.45, 2.75) is 19.5 Å². The van der Waals surface area contributed by atoms with Crippen molar-refractivity contribution in [2.24, 2.45) is 0 Å². The Bertz CT molecular complexity index is 1560. The molecule has 1 aliphatic heterocycles. The maximum atomic E-state index is 13.1. The summed E-state index contributed by atoms with van der Waals surface area (Å²) < 4.78 is 1.10. The average Bonchev–Trinajstić information content (AvgIpc) is 3.61. The highest BCUT2D eigenvalue weighted by molar-refractivity contribution is 7.23. The van der Waals surface area contributed by atoms with Crippen LogP contribution in [0.2, 0.25) is 0 Å². The molecular weight excluding hydrogens is 513 g/mol. The lowest BCUT2D eigenvalue weighted by Gasteiger charge is -2.27. The Morgan fingerprint density at radius 1 is 1.03 bits per heavy atom. The zero-order chi connectivity index (χ0) is 24.6. The highest BCUT2D eigenvalue weighted by Crippen LogP contribution is 2.46. The fourth-order valence-corrected chi connectivity index (χ4v) is 7.55. The summed E-state index contributed by atoms with van der Waals surface area (Å²) in [6, 6.07) is 21.3. The van der Waals surface area contributed by atoms with Crippen LogP contribution in [0, 0.1) is 10.1 Å². The predicted molar refractivity (Wildman–Crippen MR) is 146 cm³/mol. The van der Waals surface area contributed by atoms with E-state index in [1.165, 1.54) is 28.1 Å². The van der Waals surface area contributed by atoms with E-state index in [0.717, 1.165) is 63.2 Å². The number of hydrogen-bond donors (Lipinski definition) is 1. The molecule has 36 heavy (non-hydrogen) atoms. The molecule has 7 nitrogen and oxygen atoms in total. The monoisotopic (exact) mass is 532 g/mol. The van der Waals surface area contributed by atoms with Gasteiger partial charge in [0, 0.05) is 36.1 Å². The first-order chi connectivity index (χ1) is 17.5. The minimum Gasteiger partial charge on any atom is -0.312 e. The highest BCUT2D eigenvalue weighted by Gasteiger charge is 2.28. The number of nitrogens with zero attached hydrogens (tertiary/aromatic N) is 3. The quantitative estimate of drug-likeness (QED) is 0.192. The molecule has 0 saturated heterocycles. The Kier molecular flexibility index (Phi) is 6.10.